The number of nitrogens with zero attached hydrogens (tertiary/aromatic N) is 1. The molecule has 6 nitrogen and oxygen atoms in total. The van der Waals surface area contributed by atoms with Crippen molar-refractivity contribution in [2.45, 2.75) is 33.1 Å². The van der Waals surface area contributed by atoms with E-state index in [9.17, 15) is 9.59 Å². The third-order valence-corrected chi connectivity index (χ3v) is 5.99. The standard InChI is InChI=1S/C18H20N4O2S2/c1-10-9-11(2)20-18-14(10)15(19)16(26-18)17(24)22-21-13(23)7-3-5-12-6-4-8-25-12/h4,6,8-9H,3,5,7,19H2,1-2H3,(H,21,23)(H,22,24). The molecule has 3 aromatic rings. The Hall–Kier alpha value is -2.45. The van der Waals surface area contributed by atoms with E-state index >= 15 is 0 Å². The molecule has 0 aliphatic carbocycles. The normalized spacial score (nSPS) is 10.8. The number of carbonyl (C=O) groups excluding carboxylic acids is 2. The van der Waals surface area contributed by atoms with E-state index in [2.05, 4.69) is 15.8 Å². The minimum atomic E-state index is -0.422. The fourth-order valence-corrected chi connectivity index (χ4v) is 4.62. The highest BCUT2D eigenvalue weighted by atomic mass is 32.1. The van der Waals surface area contributed by atoms with Crippen LogP contribution in [0.15, 0.2) is 23.6 Å². The van der Waals surface area contributed by atoms with Gasteiger partial charge in [0.2, 0.25) is 5.91 Å². The number of fused-ring (bicyclic) bond motifs is 1. The first-order chi connectivity index (χ1) is 12.5. The van der Waals surface area contributed by atoms with Crippen LogP contribution in [0.4, 0.5) is 5.69 Å². The van der Waals surface area contributed by atoms with Crippen LogP contribution in [0.5, 0.6) is 0 Å². The van der Waals surface area contributed by atoms with Gasteiger partial charge in [0.1, 0.15) is 9.71 Å². The lowest BCUT2D eigenvalue weighted by Crippen LogP contribution is -2.41. The van der Waals surface area contributed by atoms with E-state index in [-0.39, 0.29) is 5.91 Å². The van der Waals surface area contributed by atoms with Crippen molar-refractivity contribution in [1.82, 2.24) is 15.8 Å². The first-order valence-corrected chi connectivity index (χ1v) is 9.93. The molecular weight excluding hydrogens is 368 g/mol. The smallest absolute Gasteiger partial charge is 0.281 e. The van der Waals surface area contributed by atoms with Gasteiger partial charge in [-0.25, -0.2) is 4.98 Å². The Labute approximate surface area is 159 Å². The molecule has 0 saturated carbocycles. The number of aromatic nitrogens is 1. The molecule has 0 atom stereocenters. The minimum absolute atomic E-state index is 0.222. The lowest BCUT2D eigenvalue weighted by molar-refractivity contribution is -0.121. The molecule has 0 fully saturated rings. The third-order valence-electron chi connectivity index (χ3n) is 3.95. The van der Waals surface area contributed by atoms with Gasteiger partial charge in [0, 0.05) is 22.4 Å². The SMILES string of the molecule is Cc1cc(C)c2c(N)c(C(=O)NNC(=O)CCCc3cccs3)sc2n1. The van der Waals surface area contributed by atoms with Crippen LogP contribution in [0, 0.1) is 13.8 Å². The summed E-state index contributed by atoms with van der Waals surface area (Å²) in [6.07, 6.45) is 1.93. The Morgan fingerprint density at radius 1 is 1.27 bits per heavy atom. The van der Waals surface area contributed by atoms with Crippen molar-refractivity contribution in [2.24, 2.45) is 0 Å². The molecule has 2 amide bonds. The topological polar surface area (TPSA) is 97.1 Å². The second-order valence-electron chi connectivity index (χ2n) is 6.04. The molecule has 0 bridgehead atoms. The highest BCUT2D eigenvalue weighted by molar-refractivity contribution is 7.21. The monoisotopic (exact) mass is 388 g/mol. The van der Waals surface area contributed by atoms with Crippen LogP contribution in [0.1, 0.15) is 38.6 Å². The fourth-order valence-electron chi connectivity index (χ4n) is 2.76. The number of pyridine rings is 1. The summed E-state index contributed by atoms with van der Waals surface area (Å²) in [6.45, 7) is 3.84. The summed E-state index contributed by atoms with van der Waals surface area (Å²) in [5.74, 6) is -0.645. The van der Waals surface area contributed by atoms with Crippen LogP contribution in [0.2, 0.25) is 0 Å². The van der Waals surface area contributed by atoms with Gasteiger partial charge in [-0.15, -0.1) is 22.7 Å². The van der Waals surface area contributed by atoms with Crippen molar-refractivity contribution >= 4 is 50.4 Å². The molecular formula is C18H20N4O2S2. The molecule has 0 aliphatic heterocycles. The number of hydrogen-bond donors (Lipinski definition) is 3. The van der Waals surface area contributed by atoms with E-state index in [0.29, 0.717) is 17.0 Å². The maximum absolute atomic E-state index is 12.4. The highest BCUT2D eigenvalue weighted by Crippen LogP contribution is 2.34. The summed E-state index contributed by atoms with van der Waals surface area (Å²) < 4.78 is 0. The molecule has 0 spiro atoms. The van der Waals surface area contributed by atoms with Crippen molar-refractivity contribution in [2.75, 3.05) is 5.73 Å². The van der Waals surface area contributed by atoms with Gasteiger partial charge in [-0.1, -0.05) is 6.07 Å². The number of aryl methyl sites for hydroxylation is 3. The molecule has 136 valence electrons. The highest BCUT2D eigenvalue weighted by Gasteiger charge is 2.19. The van der Waals surface area contributed by atoms with E-state index in [4.69, 9.17) is 5.73 Å². The first-order valence-electron chi connectivity index (χ1n) is 8.23. The number of nitrogen functional groups attached to an aromatic ring is 1. The molecule has 4 N–H and O–H groups in total. The zero-order valence-corrected chi connectivity index (χ0v) is 16.2. The summed E-state index contributed by atoms with van der Waals surface area (Å²) in [5, 5.41) is 2.82. The summed E-state index contributed by atoms with van der Waals surface area (Å²) in [7, 11) is 0. The Bertz CT molecular complexity index is 948. The summed E-state index contributed by atoms with van der Waals surface area (Å²) >= 11 is 2.91. The van der Waals surface area contributed by atoms with E-state index < -0.39 is 5.91 Å². The van der Waals surface area contributed by atoms with Crippen LogP contribution in [-0.2, 0) is 11.2 Å². The van der Waals surface area contributed by atoms with Crippen LogP contribution in [0.25, 0.3) is 10.2 Å². The molecule has 0 aliphatic rings. The van der Waals surface area contributed by atoms with E-state index in [1.165, 1.54) is 16.2 Å². The fraction of sp³-hybridized carbons (Fsp3) is 0.278. The second-order valence-corrected chi connectivity index (χ2v) is 8.07. The van der Waals surface area contributed by atoms with Crippen molar-refractivity contribution in [3.63, 3.8) is 0 Å². The molecule has 0 saturated heterocycles. The maximum Gasteiger partial charge on any atom is 0.281 e. The predicted molar refractivity (Wildman–Crippen MR) is 106 cm³/mol. The van der Waals surface area contributed by atoms with Crippen LogP contribution in [0.3, 0.4) is 0 Å². The lowest BCUT2D eigenvalue weighted by Gasteiger charge is -2.06. The number of anilines is 1. The zero-order valence-electron chi connectivity index (χ0n) is 14.6. The van der Waals surface area contributed by atoms with Crippen LogP contribution >= 0.6 is 22.7 Å². The molecule has 0 unspecified atom stereocenters. The summed E-state index contributed by atoms with van der Waals surface area (Å²) in [6, 6.07) is 5.97. The van der Waals surface area contributed by atoms with Crippen LogP contribution < -0.4 is 16.6 Å². The van der Waals surface area contributed by atoms with Gasteiger partial charge in [0.05, 0.1) is 5.69 Å². The van der Waals surface area contributed by atoms with Gasteiger partial charge in [-0.2, -0.15) is 0 Å². The molecule has 8 heteroatoms. The molecule has 3 aromatic heterocycles. The number of hydrogen-bond acceptors (Lipinski definition) is 6. The quantitative estimate of drug-likeness (QED) is 0.584. The number of carbonyl (C=O) groups is 2. The van der Waals surface area contributed by atoms with Gasteiger partial charge < -0.3 is 5.73 Å². The number of amides is 2. The molecule has 0 radical (unpaired) electrons. The Kier molecular flexibility index (Phi) is 5.53. The van der Waals surface area contributed by atoms with Crippen molar-refractivity contribution in [3.05, 3.63) is 44.6 Å². The van der Waals surface area contributed by atoms with Crippen LogP contribution in [-0.4, -0.2) is 16.8 Å². The number of thiophene rings is 2. The Morgan fingerprint density at radius 3 is 2.81 bits per heavy atom. The molecule has 26 heavy (non-hydrogen) atoms. The maximum atomic E-state index is 12.4. The van der Waals surface area contributed by atoms with Gasteiger partial charge >= 0.3 is 0 Å². The van der Waals surface area contributed by atoms with Crippen molar-refractivity contribution in [3.8, 4) is 0 Å². The number of nitrogens with one attached hydrogen (secondary N) is 2. The Balaban J connectivity index is 1.58. The summed E-state index contributed by atoms with van der Waals surface area (Å²) in [4.78, 5) is 31.0. The van der Waals surface area contributed by atoms with E-state index in [0.717, 1.165) is 34.3 Å². The summed E-state index contributed by atoms with van der Waals surface area (Å²) in [5.41, 5.74) is 13.3. The number of nitrogens with two attached hydrogens (primary N) is 1. The largest absolute Gasteiger partial charge is 0.397 e. The van der Waals surface area contributed by atoms with Gasteiger partial charge in [-0.05, 0) is 49.8 Å². The minimum Gasteiger partial charge on any atom is -0.397 e. The lowest BCUT2D eigenvalue weighted by atomic mass is 10.1. The van der Waals surface area contributed by atoms with E-state index in [1.54, 1.807) is 11.3 Å². The van der Waals surface area contributed by atoms with Crippen molar-refractivity contribution < 1.29 is 9.59 Å². The zero-order chi connectivity index (χ0) is 18.7. The third kappa shape index (κ3) is 4.03. The number of hydrazine groups is 1. The molecule has 3 heterocycles. The van der Waals surface area contributed by atoms with E-state index in [1.807, 2.05) is 37.4 Å². The predicted octanol–water partition coefficient (Wildman–Crippen LogP) is 3.34. The van der Waals surface area contributed by atoms with Gasteiger partial charge in [0.25, 0.3) is 5.91 Å². The van der Waals surface area contributed by atoms with Gasteiger partial charge in [-0.3, -0.25) is 20.4 Å². The molecule has 0 aromatic carbocycles. The first kappa shape index (κ1) is 18.3. The Morgan fingerprint density at radius 2 is 2.08 bits per heavy atom. The van der Waals surface area contributed by atoms with Gasteiger partial charge in [0.15, 0.2) is 0 Å². The average molecular weight is 389 g/mol. The van der Waals surface area contributed by atoms with Crippen molar-refractivity contribution in [1.29, 1.82) is 0 Å². The number of rotatable bonds is 5. The molecule has 3 rings (SSSR count). The second kappa shape index (κ2) is 7.84. The average Bonchev–Trinajstić information content (AvgIpc) is 3.20.